The van der Waals surface area contributed by atoms with Crippen LogP contribution in [-0.2, 0) is 4.74 Å². The Morgan fingerprint density at radius 1 is 1.33 bits per heavy atom. The summed E-state index contributed by atoms with van der Waals surface area (Å²) in [5.74, 6) is -1.35. The minimum atomic E-state index is -1.50. The Morgan fingerprint density at radius 3 is 1.87 bits per heavy atom. The van der Waals surface area contributed by atoms with Crippen LogP contribution in [0.2, 0.25) is 0 Å². The van der Waals surface area contributed by atoms with Gasteiger partial charge in [0.1, 0.15) is 0 Å². The molecule has 4 atom stereocenters. The average molecular weight is 222 g/mol. The number of aliphatic hydroxyl groups is 4. The van der Waals surface area contributed by atoms with E-state index in [1.165, 1.54) is 13.8 Å². The number of hydrogen-bond donors (Lipinski definition) is 4. The molecule has 5 heteroatoms. The zero-order chi connectivity index (χ0) is 12.2. The molecule has 1 saturated heterocycles. The molecule has 0 amide bonds. The fourth-order valence-electron chi connectivity index (χ4n) is 1.16. The van der Waals surface area contributed by atoms with E-state index in [1.807, 2.05) is 6.92 Å². The van der Waals surface area contributed by atoms with Gasteiger partial charge in [0.25, 0.3) is 0 Å². The van der Waals surface area contributed by atoms with Gasteiger partial charge in [0.15, 0.2) is 12.1 Å². The maximum absolute atomic E-state index is 9.08. The summed E-state index contributed by atoms with van der Waals surface area (Å²) in [7, 11) is 0. The van der Waals surface area contributed by atoms with Crippen LogP contribution in [-0.4, -0.2) is 44.7 Å². The second kappa shape index (κ2) is 5.77. The zero-order valence-corrected chi connectivity index (χ0v) is 9.71. The fourth-order valence-corrected chi connectivity index (χ4v) is 1.16. The molecule has 0 aromatic carbocycles. The molecule has 0 bridgehead atoms. The lowest BCUT2D eigenvalue weighted by Crippen LogP contribution is -2.22. The molecule has 0 saturated carbocycles. The van der Waals surface area contributed by atoms with E-state index in [-0.39, 0.29) is 12.0 Å². The normalized spacial score (nSPS) is 33.2. The van der Waals surface area contributed by atoms with E-state index in [9.17, 15) is 0 Å². The van der Waals surface area contributed by atoms with Crippen LogP contribution < -0.4 is 0 Å². The van der Waals surface area contributed by atoms with Crippen molar-refractivity contribution in [3.8, 4) is 0 Å². The van der Waals surface area contributed by atoms with Crippen molar-refractivity contribution >= 4 is 0 Å². The largest absolute Gasteiger partial charge is 0.391 e. The first-order chi connectivity index (χ1) is 6.61. The van der Waals surface area contributed by atoms with E-state index in [4.69, 9.17) is 25.2 Å². The maximum Gasteiger partial charge on any atom is 0.157 e. The Balaban J connectivity index is 0.000000336. The molecule has 92 valence electrons. The Labute approximate surface area is 90.3 Å². The van der Waals surface area contributed by atoms with E-state index < -0.39 is 18.2 Å². The molecule has 1 fully saturated rings. The van der Waals surface area contributed by atoms with Crippen LogP contribution in [0, 0.1) is 5.92 Å². The van der Waals surface area contributed by atoms with Gasteiger partial charge in [-0.15, -0.1) is 0 Å². The molecule has 1 aliphatic rings. The van der Waals surface area contributed by atoms with E-state index >= 15 is 0 Å². The lowest BCUT2D eigenvalue weighted by molar-refractivity contribution is -0.128. The van der Waals surface area contributed by atoms with Gasteiger partial charge in [-0.05, 0) is 27.2 Å². The third-order valence-corrected chi connectivity index (χ3v) is 1.94. The van der Waals surface area contributed by atoms with Crippen molar-refractivity contribution in [3.05, 3.63) is 0 Å². The number of ether oxygens (including phenoxy) is 1. The van der Waals surface area contributed by atoms with Crippen LogP contribution >= 0.6 is 0 Å². The first-order valence-electron chi connectivity index (χ1n) is 5.07. The summed E-state index contributed by atoms with van der Waals surface area (Å²) in [6, 6.07) is 0. The third kappa shape index (κ3) is 7.70. The molecule has 1 rings (SSSR count). The lowest BCUT2D eigenvalue weighted by Gasteiger charge is -2.12. The monoisotopic (exact) mass is 222 g/mol. The number of hydrogen-bond acceptors (Lipinski definition) is 5. The second-order valence-electron chi connectivity index (χ2n) is 4.51. The van der Waals surface area contributed by atoms with Gasteiger partial charge in [-0.3, -0.25) is 0 Å². The molecule has 0 radical (unpaired) electrons. The van der Waals surface area contributed by atoms with Crippen LogP contribution in [0.5, 0.6) is 0 Å². The highest BCUT2D eigenvalue weighted by Gasteiger charge is 2.32. The highest BCUT2D eigenvalue weighted by molar-refractivity contribution is 4.76. The Bertz CT molecular complexity index is 159. The first kappa shape index (κ1) is 14.8. The van der Waals surface area contributed by atoms with Gasteiger partial charge >= 0.3 is 0 Å². The van der Waals surface area contributed by atoms with E-state index in [0.29, 0.717) is 0 Å². The molecule has 15 heavy (non-hydrogen) atoms. The topological polar surface area (TPSA) is 90.2 Å². The number of rotatable bonds is 1. The van der Waals surface area contributed by atoms with Gasteiger partial charge in [0.2, 0.25) is 0 Å². The average Bonchev–Trinajstić information content (AvgIpc) is 2.28. The van der Waals surface area contributed by atoms with Crippen molar-refractivity contribution in [2.24, 2.45) is 5.92 Å². The van der Waals surface area contributed by atoms with Crippen molar-refractivity contribution in [3.63, 3.8) is 0 Å². The molecule has 1 aliphatic heterocycles. The van der Waals surface area contributed by atoms with E-state index in [2.05, 4.69) is 0 Å². The Morgan fingerprint density at radius 2 is 1.73 bits per heavy atom. The van der Waals surface area contributed by atoms with Crippen molar-refractivity contribution in [2.75, 3.05) is 0 Å². The van der Waals surface area contributed by atoms with Gasteiger partial charge in [-0.1, -0.05) is 6.92 Å². The van der Waals surface area contributed by atoms with Crippen molar-refractivity contribution in [1.82, 2.24) is 0 Å². The summed E-state index contributed by atoms with van der Waals surface area (Å²) in [6.07, 6.45) is -0.581. The standard InChI is InChI=1S/C7H14O3.C3H8O2/c1-4-3-6(5(2)8)10-7(4)9;1-3(2,4)5/h4-9H,3H2,1-2H3;4-5H,1-2H3. The third-order valence-electron chi connectivity index (χ3n) is 1.94. The summed E-state index contributed by atoms with van der Waals surface area (Å²) in [6.45, 7) is 6.18. The predicted molar refractivity (Wildman–Crippen MR) is 54.9 cm³/mol. The predicted octanol–water partition coefficient (Wildman–Crippen LogP) is -0.182. The molecule has 0 aromatic heterocycles. The van der Waals surface area contributed by atoms with Crippen LogP contribution in [0.3, 0.4) is 0 Å². The zero-order valence-electron chi connectivity index (χ0n) is 9.71. The molecule has 0 aromatic rings. The van der Waals surface area contributed by atoms with Crippen molar-refractivity contribution in [1.29, 1.82) is 0 Å². The highest BCUT2D eigenvalue weighted by Crippen LogP contribution is 2.25. The van der Waals surface area contributed by atoms with Crippen molar-refractivity contribution < 1.29 is 25.2 Å². The Hall–Kier alpha value is -0.200. The summed E-state index contributed by atoms with van der Waals surface area (Å²) in [5.41, 5.74) is 0. The van der Waals surface area contributed by atoms with Crippen LogP contribution in [0.15, 0.2) is 0 Å². The molecule has 5 nitrogen and oxygen atoms in total. The highest BCUT2D eigenvalue weighted by atomic mass is 16.6. The van der Waals surface area contributed by atoms with Gasteiger partial charge in [0.05, 0.1) is 12.2 Å². The second-order valence-corrected chi connectivity index (χ2v) is 4.51. The van der Waals surface area contributed by atoms with Crippen LogP contribution in [0.4, 0.5) is 0 Å². The Kier molecular flexibility index (Phi) is 5.69. The van der Waals surface area contributed by atoms with E-state index in [1.54, 1.807) is 6.92 Å². The summed E-state index contributed by atoms with van der Waals surface area (Å²) in [4.78, 5) is 0. The van der Waals surface area contributed by atoms with Crippen LogP contribution in [0.1, 0.15) is 34.1 Å². The van der Waals surface area contributed by atoms with Gasteiger partial charge in [-0.2, -0.15) is 0 Å². The number of aliphatic hydroxyl groups excluding tert-OH is 2. The minimum Gasteiger partial charge on any atom is -0.391 e. The molecule has 0 aliphatic carbocycles. The lowest BCUT2D eigenvalue weighted by atomic mass is 10.0. The van der Waals surface area contributed by atoms with Gasteiger partial charge < -0.3 is 25.2 Å². The summed E-state index contributed by atoms with van der Waals surface area (Å²) < 4.78 is 5.04. The van der Waals surface area contributed by atoms with Crippen molar-refractivity contribution in [2.45, 2.75) is 58.4 Å². The van der Waals surface area contributed by atoms with Crippen LogP contribution in [0.25, 0.3) is 0 Å². The molecule has 4 N–H and O–H groups in total. The maximum atomic E-state index is 9.08. The summed E-state index contributed by atoms with van der Waals surface area (Å²) in [5, 5.41) is 34.3. The van der Waals surface area contributed by atoms with E-state index in [0.717, 1.165) is 6.42 Å². The quantitative estimate of drug-likeness (QED) is 0.462. The molecule has 4 unspecified atom stereocenters. The molecule has 1 heterocycles. The summed E-state index contributed by atoms with van der Waals surface area (Å²) >= 11 is 0. The molecule has 0 spiro atoms. The smallest absolute Gasteiger partial charge is 0.157 e. The minimum absolute atomic E-state index is 0.152. The SMILES string of the molecule is CC(C)(O)O.CC(O)C1CC(C)C(O)O1. The molecular weight excluding hydrogens is 200 g/mol. The first-order valence-corrected chi connectivity index (χ1v) is 5.07. The van der Waals surface area contributed by atoms with Gasteiger partial charge in [-0.25, -0.2) is 0 Å². The van der Waals surface area contributed by atoms with Gasteiger partial charge in [0, 0.05) is 5.92 Å². The fraction of sp³-hybridized carbons (Fsp3) is 1.00. The molecular formula is C10H22O5.